The van der Waals surface area contributed by atoms with Crippen molar-refractivity contribution >= 4 is 11.9 Å². The predicted octanol–water partition coefficient (Wildman–Crippen LogP) is 2.87. The Hall–Kier alpha value is -2.08. The molecule has 6 heteroatoms. The molecule has 0 radical (unpaired) electrons. The highest BCUT2D eigenvalue weighted by Crippen LogP contribution is 2.46. The fourth-order valence-corrected chi connectivity index (χ4v) is 4.76. The lowest BCUT2D eigenvalue weighted by Crippen LogP contribution is -2.54. The van der Waals surface area contributed by atoms with Crippen LogP contribution < -0.4 is 10.1 Å². The summed E-state index contributed by atoms with van der Waals surface area (Å²) in [6.07, 6.45) is 1.37. The predicted molar refractivity (Wildman–Crippen MR) is 102 cm³/mol. The number of benzene rings is 1. The second-order valence-corrected chi connectivity index (χ2v) is 9.06. The minimum atomic E-state index is -0.940. The maximum atomic E-state index is 13.1. The van der Waals surface area contributed by atoms with Crippen molar-refractivity contribution in [1.29, 1.82) is 0 Å². The lowest BCUT2D eigenvalue weighted by molar-refractivity contribution is -0.135. The van der Waals surface area contributed by atoms with Gasteiger partial charge >= 0.3 is 6.03 Å². The molecule has 2 aliphatic rings. The van der Waals surface area contributed by atoms with Crippen molar-refractivity contribution in [1.82, 2.24) is 10.2 Å². The fourth-order valence-electron chi connectivity index (χ4n) is 4.76. The van der Waals surface area contributed by atoms with E-state index in [2.05, 4.69) is 26.1 Å². The summed E-state index contributed by atoms with van der Waals surface area (Å²) >= 11 is 0. The van der Waals surface area contributed by atoms with Crippen LogP contribution in [0.4, 0.5) is 4.79 Å². The van der Waals surface area contributed by atoms with Crippen molar-refractivity contribution in [3.8, 4) is 5.75 Å². The van der Waals surface area contributed by atoms with Crippen molar-refractivity contribution < 1.29 is 19.4 Å². The van der Waals surface area contributed by atoms with Crippen LogP contribution in [-0.4, -0.2) is 46.7 Å². The fraction of sp³-hybridized carbons (Fsp3) is 0.619. The van der Waals surface area contributed by atoms with E-state index in [4.69, 9.17) is 4.74 Å². The maximum absolute atomic E-state index is 13.1. The molecule has 1 spiro atoms. The molecule has 148 valence electrons. The maximum Gasteiger partial charge on any atom is 0.325 e. The third-order valence-electron chi connectivity index (χ3n) is 5.48. The highest BCUT2D eigenvalue weighted by Gasteiger charge is 2.56. The van der Waals surface area contributed by atoms with Crippen molar-refractivity contribution in [2.45, 2.75) is 58.6 Å². The van der Waals surface area contributed by atoms with E-state index in [0.29, 0.717) is 24.5 Å². The summed E-state index contributed by atoms with van der Waals surface area (Å²) in [5.74, 6) is 0.783. The molecule has 1 heterocycles. The van der Waals surface area contributed by atoms with Gasteiger partial charge in [-0.2, -0.15) is 0 Å². The summed E-state index contributed by atoms with van der Waals surface area (Å²) in [7, 11) is 0. The van der Waals surface area contributed by atoms with Crippen LogP contribution >= 0.6 is 0 Å². The zero-order chi connectivity index (χ0) is 19.8. The van der Waals surface area contributed by atoms with Gasteiger partial charge in [0, 0.05) is 0 Å². The summed E-state index contributed by atoms with van der Waals surface area (Å²) in [5, 5.41) is 13.2. The van der Waals surface area contributed by atoms with Crippen LogP contribution in [0.1, 0.15) is 45.6 Å². The number of urea groups is 1. The molecule has 3 atom stereocenters. The first-order chi connectivity index (χ1) is 12.6. The molecule has 1 aromatic carbocycles. The smallest absolute Gasteiger partial charge is 0.325 e. The highest BCUT2D eigenvalue weighted by molar-refractivity contribution is 6.07. The topological polar surface area (TPSA) is 78.9 Å². The summed E-state index contributed by atoms with van der Waals surface area (Å²) < 4.78 is 5.57. The third-order valence-corrected chi connectivity index (χ3v) is 5.48. The number of hydrogen-bond donors (Lipinski definition) is 2. The molecular formula is C21H30N2O4. The van der Waals surface area contributed by atoms with Gasteiger partial charge in [-0.15, -0.1) is 0 Å². The van der Waals surface area contributed by atoms with Crippen molar-refractivity contribution in [2.24, 2.45) is 11.3 Å². The Labute approximate surface area is 160 Å². The molecule has 3 amide bonds. The quantitative estimate of drug-likeness (QED) is 0.777. The number of hydrogen-bond acceptors (Lipinski definition) is 4. The molecule has 0 aromatic heterocycles. The van der Waals surface area contributed by atoms with Crippen LogP contribution in [0.3, 0.4) is 0 Å². The van der Waals surface area contributed by atoms with Crippen LogP contribution in [0.5, 0.6) is 5.75 Å². The number of carbonyl (C=O) groups is 2. The zero-order valence-electron chi connectivity index (χ0n) is 16.6. The first-order valence-corrected chi connectivity index (χ1v) is 9.62. The summed E-state index contributed by atoms with van der Waals surface area (Å²) in [4.78, 5) is 26.7. The second-order valence-electron chi connectivity index (χ2n) is 9.06. The summed E-state index contributed by atoms with van der Waals surface area (Å²) in [6.45, 7) is 8.34. The van der Waals surface area contributed by atoms with E-state index in [0.717, 1.165) is 16.9 Å². The number of nitrogens with one attached hydrogen (secondary N) is 1. The molecule has 6 nitrogen and oxygen atoms in total. The van der Waals surface area contributed by atoms with Crippen molar-refractivity contribution in [2.75, 3.05) is 13.2 Å². The minimum Gasteiger partial charge on any atom is -0.491 e. The number of nitrogens with zero attached hydrogens (tertiary/aromatic N) is 1. The molecule has 3 unspecified atom stereocenters. The van der Waals surface area contributed by atoms with E-state index in [9.17, 15) is 14.7 Å². The average molecular weight is 374 g/mol. The van der Waals surface area contributed by atoms with Gasteiger partial charge in [0.05, 0.1) is 6.54 Å². The Bertz CT molecular complexity index is 715. The van der Waals surface area contributed by atoms with Gasteiger partial charge in [0.25, 0.3) is 5.91 Å². The van der Waals surface area contributed by atoms with E-state index in [-0.39, 0.29) is 24.5 Å². The normalized spacial score (nSPS) is 28.3. The van der Waals surface area contributed by atoms with Crippen LogP contribution in [0.25, 0.3) is 0 Å². The Morgan fingerprint density at radius 3 is 2.56 bits per heavy atom. The molecule has 1 saturated heterocycles. The molecule has 1 aliphatic heterocycles. The number of amides is 3. The van der Waals surface area contributed by atoms with Crippen LogP contribution in [0, 0.1) is 18.3 Å². The Balaban J connectivity index is 1.62. The molecule has 1 aromatic rings. The van der Waals surface area contributed by atoms with Gasteiger partial charge in [-0.25, -0.2) is 4.79 Å². The Morgan fingerprint density at radius 1 is 1.26 bits per heavy atom. The Kier molecular flexibility index (Phi) is 5.21. The molecular weight excluding hydrogens is 344 g/mol. The van der Waals surface area contributed by atoms with Gasteiger partial charge in [-0.1, -0.05) is 38.5 Å². The minimum absolute atomic E-state index is 0.0101. The molecule has 0 bridgehead atoms. The third kappa shape index (κ3) is 4.26. The van der Waals surface area contributed by atoms with Gasteiger partial charge in [0.15, 0.2) is 0 Å². The van der Waals surface area contributed by atoms with Gasteiger partial charge in [-0.05, 0) is 49.7 Å². The lowest BCUT2D eigenvalue weighted by atomic mass is 9.64. The van der Waals surface area contributed by atoms with E-state index in [1.54, 1.807) is 0 Å². The molecule has 2 fully saturated rings. The molecule has 2 N–H and O–H groups in total. The van der Waals surface area contributed by atoms with Gasteiger partial charge in [-0.3, -0.25) is 9.69 Å². The summed E-state index contributed by atoms with van der Waals surface area (Å²) in [5.41, 5.74) is 0.275. The van der Waals surface area contributed by atoms with Crippen molar-refractivity contribution in [3.63, 3.8) is 0 Å². The molecule has 1 saturated carbocycles. The van der Waals surface area contributed by atoms with Gasteiger partial charge in [0.1, 0.15) is 24.0 Å². The number of aliphatic hydroxyl groups excluding tert-OH is 1. The first-order valence-electron chi connectivity index (χ1n) is 9.62. The van der Waals surface area contributed by atoms with Crippen molar-refractivity contribution in [3.05, 3.63) is 29.8 Å². The lowest BCUT2D eigenvalue weighted by Gasteiger charge is -2.43. The monoisotopic (exact) mass is 374 g/mol. The van der Waals surface area contributed by atoms with E-state index in [1.165, 1.54) is 0 Å². The van der Waals surface area contributed by atoms with E-state index in [1.807, 2.05) is 31.2 Å². The molecule has 1 aliphatic carbocycles. The number of carbonyl (C=O) groups excluding carboxylic acids is 2. The van der Waals surface area contributed by atoms with E-state index < -0.39 is 17.7 Å². The number of β-amino-alcohol motifs (C(OH)–C–C–N with tert-alkyl or cyclic N) is 1. The van der Waals surface area contributed by atoms with E-state index >= 15 is 0 Å². The number of aliphatic hydroxyl groups is 1. The van der Waals surface area contributed by atoms with Gasteiger partial charge < -0.3 is 15.2 Å². The SMILES string of the molecule is Cc1ccc(OCC(O)CN2C(=O)NC3(CC(C)CC(C)(C)C3)C2=O)cc1. The number of ether oxygens (including phenoxy) is 1. The molecule has 27 heavy (non-hydrogen) atoms. The van der Waals surface area contributed by atoms with Crippen LogP contribution in [0.15, 0.2) is 24.3 Å². The standard InChI is InChI=1S/C21H30N2O4/c1-14-5-7-17(8-6-14)27-12-16(24)11-23-18(25)21(22-19(23)26)10-15(2)9-20(3,4)13-21/h5-8,15-16,24H,9-13H2,1-4H3,(H,22,26). The Morgan fingerprint density at radius 2 is 1.93 bits per heavy atom. The number of imide groups is 1. The van der Waals surface area contributed by atoms with Crippen LogP contribution in [-0.2, 0) is 4.79 Å². The van der Waals surface area contributed by atoms with Crippen LogP contribution in [0.2, 0.25) is 0 Å². The summed E-state index contributed by atoms with van der Waals surface area (Å²) in [6, 6.07) is 7.09. The highest BCUT2D eigenvalue weighted by atomic mass is 16.5. The van der Waals surface area contributed by atoms with Gasteiger partial charge in [0.2, 0.25) is 0 Å². The largest absolute Gasteiger partial charge is 0.491 e. The number of aryl methyl sites for hydroxylation is 1. The number of rotatable bonds is 5. The first kappa shape index (κ1) is 19.7. The molecule has 3 rings (SSSR count). The average Bonchev–Trinajstić information content (AvgIpc) is 2.76. The second kappa shape index (κ2) is 7.15. The zero-order valence-corrected chi connectivity index (χ0v) is 16.6.